The Labute approximate surface area is 130 Å². The van der Waals surface area contributed by atoms with Crippen molar-refractivity contribution in [2.24, 2.45) is 0 Å². The zero-order valence-corrected chi connectivity index (χ0v) is 13.1. The summed E-state index contributed by atoms with van der Waals surface area (Å²) in [6.07, 6.45) is -0.951. The van der Waals surface area contributed by atoms with Crippen LogP contribution in [0.5, 0.6) is 0 Å². The van der Waals surface area contributed by atoms with Gasteiger partial charge in [-0.15, -0.1) is 0 Å². The second-order valence-electron chi connectivity index (χ2n) is 5.59. The first-order chi connectivity index (χ1) is 10.5. The average molecular weight is 319 g/mol. The molecule has 5 heteroatoms. The van der Waals surface area contributed by atoms with Gasteiger partial charge in [0.05, 0.1) is 10.9 Å². The molecule has 0 saturated carbocycles. The lowest BCUT2D eigenvalue weighted by Crippen LogP contribution is -2.32. The molecule has 0 radical (unpaired) electrons. The molecule has 0 bridgehead atoms. The van der Waals surface area contributed by atoms with Gasteiger partial charge in [0.2, 0.25) is 10.0 Å². The van der Waals surface area contributed by atoms with Crippen LogP contribution in [0.1, 0.15) is 23.6 Å². The molecule has 3 nitrogen and oxygen atoms in total. The molecule has 0 aromatic heterocycles. The highest BCUT2D eigenvalue weighted by molar-refractivity contribution is 7.89. The first kappa shape index (κ1) is 15.2. The van der Waals surface area contributed by atoms with Crippen molar-refractivity contribution in [2.75, 3.05) is 6.54 Å². The Morgan fingerprint density at radius 2 is 1.68 bits per heavy atom. The normalized spacial score (nSPS) is 22.8. The number of alkyl halides is 1. The second-order valence-corrected chi connectivity index (χ2v) is 7.48. The highest BCUT2D eigenvalue weighted by Crippen LogP contribution is 2.38. The molecule has 0 amide bonds. The lowest BCUT2D eigenvalue weighted by molar-refractivity contribution is 0.262. The Kier molecular flexibility index (Phi) is 4.02. The van der Waals surface area contributed by atoms with Crippen molar-refractivity contribution < 1.29 is 12.8 Å². The summed E-state index contributed by atoms with van der Waals surface area (Å²) in [6, 6.07) is 14.9. The Morgan fingerprint density at radius 1 is 1.05 bits per heavy atom. The van der Waals surface area contributed by atoms with E-state index in [-0.39, 0.29) is 17.9 Å². The summed E-state index contributed by atoms with van der Waals surface area (Å²) in [5, 5.41) is 0. The Hall–Kier alpha value is -1.72. The summed E-state index contributed by atoms with van der Waals surface area (Å²) in [6.45, 7) is 2.10. The van der Waals surface area contributed by atoms with Gasteiger partial charge in [-0.1, -0.05) is 48.0 Å². The van der Waals surface area contributed by atoms with Gasteiger partial charge in [0.1, 0.15) is 6.17 Å². The maximum Gasteiger partial charge on any atom is 0.243 e. The fourth-order valence-corrected chi connectivity index (χ4v) is 4.52. The van der Waals surface area contributed by atoms with Crippen LogP contribution in [0.3, 0.4) is 0 Å². The number of rotatable bonds is 3. The molecular weight excluding hydrogens is 301 g/mol. The molecule has 2 atom stereocenters. The summed E-state index contributed by atoms with van der Waals surface area (Å²) in [4.78, 5) is 0.216. The molecule has 1 saturated heterocycles. The predicted octanol–water partition coefficient (Wildman–Crippen LogP) is 3.47. The molecule has 0 spiro atoms. The highest BCUT2D eigenvalue weighted by Gasteiger charge is 2.42. The van der Waals surface area contributed by atoms with Gasteiger partial charge in [-0.3, -0.25) is 0 Å². The Morgan fingerprint density at radius 3 is 2.32 bits per heavy atom. The van der Waals surface area contributed by atoms with Gasteiger partial charge < -0.3 is 0 Å². The fourth-order valence-electron chi connectivity index (χ4n) is 2.87. The predicted molar refractivity (Wildman–Crippen MR) is 83.8 cm³/mol. The van der Waals surface area contributed by atoms with Crippen LogP contribution in [0.15, 0.2) is 59.5 Å². The van der Waals surface area contributed by atoms with E-state index < -0.39 is 22.2 Å². The van der Waals surface area contributed by atoms with Gasteiger partial charge in [0.15, 0.2) is 0 Å². The number of benzene rings is 2. The first-order valence-corrected chi connectivity index (χ1v) is 8.72. The lowest BCUT2D eigenvalue weighted by atomic mass is 10.0. The third-order valence-electron chi connectivity index (χ3n) is 4.05. The summed E-state index contributed by atoms with van der Waals surface area (Å²) in [7, 11) is -3.69. The SMILES string of the molecule is Cc1ccc(S(=O)(=O)N2CCC(F)C2c2ccccc2)cc1. The van der Waals surface area contributed by atoms with Crippen LogP contribution < -0.4 is 0 Å². The minimum absolute atomic E-state index is 0.205. The van der Waals surface area contributed by atoms with E-state index in [0.717, 1.165) is 5.56 Å². The van der Waals surface area contributed by atoms with E-state index in [9.17, 15) is 12.8 Å². The molecule has 0 aliphatic carbocycles. The summed E-state index contributed by atoms with van der Waals surface area (Å²) in [5.41, 5.74) is 1.69. The zero-order valence-electron chi connectivity index (χ0n) is 12.3. The maximum absolute atomic E-state index is 14.3. The lowest BCUT2D eigenvalue weighted by Gasteiger charge is -2.25. The highest BCUT2D eigenvalue weighted by atomic mass is 32.2. The van der Waals surface area contributed by atoms with Crippen molar-refractivity contribution in [3.8, 4) is 0 Å². The number of aryl methyl sites for hydroxylation is 1. The Balaban J connectivity index is 2.00. The molecule has 0 N–H and O–H groups in total. The molecule has 3 rings (SSSR count). The third-order valence-corrected chi connectivity index (χ3v) is 5.94. The van der Waals surface area contributed by atoms with Crippen molar-refractivity contribution in [3.63, 3.8) is 0 Å². The largest absolute Gasteiger partial charge is 0.245 e. The van der Waals surface area contributed by atoms with E-state index in [1.54, 1.807) is 48.5 Å². The molecular formula is C17H18FNO2S. The van der Waals surface area contributed by atoms with E-state index in [1.807, 2.05) is 13.0 Å². The van der Waals surface area contributed by atoms with Crippen LogP contribution >= 0.6 is 0 Å². The summed E-state index contributed by atoms with van der Waals surface area (Å²) >= 11 is 0. The monoisotopic (exact) mass is 319 g/mol. The Bertz CT molecular complexity index is 744. The van der Waals surface area contributed by atoms with Gasteiger partial charge in [-0.2, -0.15) is 4.31 Å². The van der Waals surface area contributed by atoms with E-state index in [1.165, 1.54) is 4.31 Å². The van der Waals surface area contributed by atoms with E-state index in [0.29, 0.717) is 5.56 Å². The van der Waals surface area contributed by atoms with Crippen LogP contribution in [-0.4, -0.2) is 25.4 Å². The molecule has 116 valence electrons. The topological polar surface area (TPSA) is 37.4 Å². The van der Waals surface area contributed by atoms with Gasteiger partial charge in [0, 0.05) is 6.54 Å². The van der Waals surface area contributed by atoms with Crippen molar-refractivity contribution in [2.45, 2.75) is 30.5 Å². The number of hydrogen-bond donors (Lipinski definition) is 0. The average Bonchev–Trinajstić information content (AvgIpc) is 2.91. The molecule has 2 unspecified atom stereocenters. The summed E-state index contributed by atoms with van der Waals surface area (Å²) < 4.78 is 41.3. The minimum Gasteiger partial charge on any atom is -0.245 e. The molecule has 1 aliphatic rings. The number of hydrogen-bond acceptors (Lipinski definition) is 2. The summed E-state index contributed by atoms with van der Waals surface area (Å²) in [5.74, 6) is 0. The number of halogens is 1. The first-order valence-electron chi connectivity index (χ1n) is 7.27. The third kappa shape index (κ3) is 2.66. The van der Waals surface area contributed by atoms with E-state index in [4.69, 9.17) is 0 Å². The maximum atomic E-state index is 14.3. The molecule has 2 aromatic rings. The molecule has 1 fully saturated rings. The number of sulfonamides is 1. The van der Waals surface area contributed by atoms with Crippen molar-refractivity contribution in [1.82, 2.24) is 4.31 Å². The van der Waals surface area contributed by atoms with Crippen LogP contribution in [0, 0.1) is 6.92 Å². The van der Waals surface area contributed by atoms with Gasteiger partial charge in [-0.05, 0) is 31.0 Å². The van der Waals surface area contributed by atoms with Crippen LogP contribution in [-0.2, 0) is 10.0 Å². The van der Waals surface area contributed by atoms with Crippen LogP contribution in [0.4, 0.5) is 4.39 Å². The van der Waals surface area contributed by atoms with Crippen molar-refractivity contribution in [1.29, 1.82) is 0 Å². The minimum atomic E-state index is -3.69. The molecule has 22 heavy (non-hydrogen) atoms. The fraction of sp³-hybridized carbons (Fsp3) is 0.294. The smallest absolute Gasteiger partial charge is 0.243 e. The quantitative estimate of drug-likeness (QED) is 0.869. The number of nitrogens with zero attached hydrogens (tertiary/aromatic N) is 1. The molecule has 2 aromatic carbocycles. The van der Waals surface area contributed by atoms with E-state index in [2.05, 4.69) is 0 Å². The standard InChI is InChI=1S/C17H18FNO2S/c1-13-7-9-15(10-8-13)22(20,21)19-12-11-16(18)17(19)14-5-3-2-4-6-14/h2-10,16-17H,11-12H2,1H3. The second kappa shape index (κ2) is 5.82. The molecule has 1 heterocycles. The van der Waals surface area contributed by atoms with Crippen LogP contribution in [0.25, 0.3) is 0 Å². The van der Waals surface area contributed by atoms with Crippen molar-refractivity contribution >= 4 is 10.0 Å². The van der Waals surface area contributed by atoms with Gasteiger partial charge in [-0.25, -0.2) is 12.8 Å². The van der Waals surface area contributed by atoms with E-state index >= 15 is 0 Å². The van der Waals surface area contributed by atoms with Gasteiger partial charge >= 0.3 is 0 Å². The van der Waals surface area contributed by atoms with Crippen molar-refractivity contribution in [3.05, 3.63) is 65.7 Å². The molecule has 1 aliphatic heterocycles. The zero-order chi connectivity index (χ0) is 15.7. The van der Waals surface area contributed by atoms with Crippen LogP contribution in [0.2, 0.25) is 0 Å². The van der Waals surface area contributed by atoms with Gasteiger partial charge in [0.25, 0.3) is 0 Å².